The van der Waals surface area contributed by atoms with E-state index in [9.17, 15) is 0 Å². The first-order chi connectivity index (χ1) is 7.77. The summed E-state index contributed by atoms with van der Waals surface area (Å²) in [6.07, 6.45) is 5.46. The normalized spacial score (nSPS) is 10.3. The minimum absolute atomic E-state index is 0.577. The first kappa shape index (κ1) is 10.8. The van der Waals surface area contributed by atoms with E-state index in [-0.39, 0.29) is 0 Å². The summed E-state index contributed by atoms with van der Waals surface area (Å²) < 4.78 is 1.99. The van der Waals surface area contributed by atoms with Crippen molar-refractivity contribution >= 4 is 23.0 Å². The summed E-state index contributed by atoms with van der Waals surface area (Å²) in [5.41, 5.74) is 7.29. The molecule has 0 bridgehead atoms. The summed E-state index contributed by atoms with van der Waals surface area (Å²) in [4.78, 5) is 3.97. The van der Waals surface area contributed by atoms with Gasteiger partial charge in [0.25, 0.3) is 0 Å². The third-order valence-corrected chi connectivity index (χ3v) is 2.63. The molecule has 4 nitrogen and oxygen atoms in total. The maximum atomic E-state index is 5.91. The quantitative estimate of drug-likeness (QED) is 0.801. The van der Waals surface area contributed by atoms with Crippen LogP contribution < -0.4 is 11.1 Å². The van der Waals surface area contributed by atoms with E-state index in [1.54, 1.807) is 18.6 Å². The van der Waals surface area contributed by atoms with Crippen LogP contribution in [0.1, 0.15) is 0 Å². The predicted octanol–water partition coefficient (Wildman–Crippen LogP) is 2.23. The molecule has 0 aliphatic rings. The van der Waals surface area contributed by atoms with Gasteiger partial charge in [0.2, 0.25) is 0 Å². The lowest BCUT2D eigenvalue weighted by molar-refractivity contribution is 0.727. The molecular weight excluding hydrogens is 224 g/mol. The number of hydrogen-bond acceptors (Lipinski definition) is 3. The van der Waals surface area contributed by atoms with Crippen LogP contribution >= 0.6 is 11.6 Å². The number of benzene rings is 1. The number of aromatic nitrogens is 2. The van der Waals surface area contributed by atoms with Crippen LogP contribution in [0, 0.1) is 0 Å². The highest BCUT2D eigenvalue weighted by atomic mass is 35.5. The number of para-hydroxylation sites is 1. The van der Waals surface area contributed by atoms with Crippen molar-refractivity contribution in [1.29, 1.82) is 0 Å². The van der Waals surface area contributed by atoms with Crippen LogP contribution in [0.5, 0.6) is 0 Å². The number of nitrogens with two attached hydrogens (primary N) is 1. The molecule has 0 saturated heterocycles. The summed E-state index contributed by atoms with van der Waals surface area (Å²) in [5, 5.41) is 3.81. The van der Waals surface area contributed by atoms with E-state index in [0.29, 0.717) is 10.7 Å². The number of nitrogens with one attached hydrogen (secondary N) is 1. The molecule has 16 heavy (non-hydrogen) atoms. The Morgan fingerprint density at radius 3 is 3.06 bits per heavy atom. The lowest BCUT2D eigenvalue weighted by Crippen LogP contribution is -2.10. The average Bonchev–Trinajstić information content (AvgIpc) is 2.77. The fourth-order valence-electron chi connectivity index (χ4n) is 1.43. The fraction of sp³-hybridized carbons (Fsp3) is 0.182. The molecular formula is C11H13ClN4. The average molecular weight is 237 g/mol. The van der Waals surface area contributed by atoms with Crippen LogP contribution in [0.25, 0.3) is 0 Å². The summed E-state index contributed by atoms with van der Waals surface area (Å²) in [5.74, 6) is 0. The summed E-state index contributed by atoms with van der Waals surface area (Å²) >= 11 is 5.91. The van der Waals surface area contributed by atoms with E-state index in [1.807, 2.05) is 22.9 Å². The van der Waals surface area contributed by atoms with Gasteiger partial charge in [-0.05, 0) is 12.1 Å². The maximum Gasteiger partial charge on any atom is 0.0946 e. The Labute approximate surface area is 99.1 Å². The van der Waals surface area contributed by atoms with Gasteiger partial charge in [-0.2, -0.15) is 0 Å². The number of nitrogens with zero attached hydrogens (tertiary/aromatic N) is 2. The van der Waals surface area contributed by atoms with Gasteiger partial charge in [0.1, 0.15) is 0 Å². The zero-order chi connectivity index (χ0) is 11.4. The van der Waals surface area contributed by atoms with Crippen molar-refractivity contribution in [2.45, 2.75) is 6.54 Å². The van der Waals surface area contributed by atoms with E-state index in [4.69, 9.17) is 17.3 Å². The molecule has 0 amide bonds. The molecule has 1 aromatic heterocycles. The standard InChI is InChI=1S/C11H13ClN4/c12-9-2-1-3-10(11(9)13)15-5-7-16-6-4-14-8-16/h1-4,6,8,15H,5,7,13H2. The molecule has 0 aliphatic carbocycles. The van der Waals surface area contributed by atoms with Crippen LogP contribution in [-0.4, -0.2) is 16.1 Å². The molecule has 2 aromatic rings. The van der Waals surface area contributed by atoms with Crippen molar-refractivity contribution < 1.29 is 0 Å². The molecule has 0 radical (unpaired) electrons. The van der Waals surface area contributed by atoms with Gasteiger partial charge < -0.3 is 15.6 Å². The summed E-state index contributed by atoms with van der Waals surface area (Å²) in [7, 11) is 0. The lowest BCUT2D eigenvalue weighted by Gasteiger charge is -2.10. The predicted molar refractivity (Wildman–Crippen MR) is 66.6 cm³/mol. The summed E-state index contributed by atoms with van der Waals surface area (Å²) in [6, 6.07) is 5.56. The Kier molecular flexibility index (Phi) is 3.31. The van der Waals surface area contributed by atoms with E-state index in [1.165, 1.54) is 0 Å². The number of rotatable bonds is 4. The van der Waals surface area contributed by atoms with Gasteiger partial charge in [-0.3, -0.25) is 0 Å². The van der Waals surface area contributed by atoms with Crippen molar-refractivity contribution in [3.8, 4) is 0 Å². The Hall–Kier alpha value is -1.68. The Balaban J connectivity index is 1.92. The van der Waals surface area contributed by atoms with Gasteiger partial charge in [-0.1, -0.05) is 17.7 Å². The third-order valence-electron chi connectivity index (χ3n) is 2.30. The summed E-state index contributed by atoms with van der Waals surface area (Å²) in [6.45, 7) is 1.62. The first-order valence-electron chi connectivity index (χ1n) is 5.01. The first-order valence-corrected chi connectivity index (χ1v) is 5.39. The number of anilines is 2. The number of hydrogen-bond donors (Lipinski definition) is 2. The van der Waals surface area contributed by atoms with Crippen molar-refractivity contribution in [3.05, 3.63) is 41.9 Å². The Bertz CT molecular complexity index is 453. The molecule has 2 rings (SSSR count). The minimum atomic E-state index is 0.577. The monoisotopic (exact) mass is 236 g/mol. The van der Waals surface area contributed by atoms with Crippen molar-refractivity contribution in [1.82, 2.24) is 9.55 Å². The Morgan fingerprint density at radius 1 is 1.44 bits per heavy atom. The lowest BCUT2D eigenvalue weighted by atomic mass is 10.2. The second-order valence-electron chi connectivity index (χ2n) is 3.43. The highest BCUT2D eigenvalue weighted by molar-refractivity contribution is 6.33. The van der Waals surface area contributed by atoms with Crippen LogP contribution in [0.2, 0.25) is 5.02 Å². The molecule has 1 aromatic carbocycles. The SMILES string of the molecule is Nc1c(Cl)cccc1NCCn1ccnc1. The van der Waals surface area contributed by atoms with Crippen molar-refractivity contribution in [2.24, 2.45) is 0 Å². The van der Waals surface area contributed by atoms with Crippen molar-refractivity contribution in [2.75, 3.05) is 17.6 Å². The molecule has 3 N–H and O–H groups in total. The van der Waals surface area contributed by atoms with Crippen molar-refractivity contribution in [3.63, 3.8) is 0 Å². The van der Waals surface area contributed by atoms with Gasteiger partial charge >= 0.3 is 0 Å². The number of halogens is 1. The molecule has 0 saturated carbocycles. The second-order valence-corrected chi connectivity index (χ2v) is 3.84. The van der Waals surface area contributed by atoms with Gasteiger partial charge in [0, 0.05) is 25.5 Å². The third kappa shape index (κ3) is 2.46. The number of nitrogen functional groups attached to an aromatic ring is 1. The van der Waals surface area contributed by atoms with Gasteiger partial charge in [0.15, 0.2) is 0 Å². The highest BCUT2D eigenvalue weighted by Gasteiger charge is 2.01. The molecule has 84 valence electrons. The fourth-order valence-corrected chi connectivity index (χ4v) is 1.60. The van der Waals surface area contributed by atoms with E-state index in [0.717, 1.165) is 18.8 Å². The topological polar surface area (TPSA) is 55.9 Å². The largest absolute Gasteiger partial charge is 0.396 e. The molecule has 1 heterocycles. The smallest absolute Gasteiger partial charge is 0.0946 e. The number of imidazole rings is 1. The van der Waals surface area contributed by atoms with E-state index >= 15 is 0 Å². The molecule has 5 heteroatoms. The molecule has 0 spiro atoms. The van der Waals surface area contributed by atoms with E-state index in [2.05, 4.69) is 10.3 Å². The molecule has 0 unspecified atom stereocenters. The van der Waals surface area contributed by atoms with Crippen LogP contribution in [0.3, 0.4) is 0 Å². The molecule has 0 atom stereocenters. The van der Waals surface area contributed by atoms with Gasteiger partial charge in [-0.25, -0.2) is 4.98 Å². The zero-order valence-corrected chi connectivity index (χ0v) is 9.48. The van der Waals surface area contributed by atoms with E-state index < -0.39 is 0 Å². The Morgan fingerprint density at radius 2 is 2.31 bits per heavy atom. The van der Waals surface area contributed by atoms with Crippen LogP contribution in [0.4, 0.5) is 11.4 Å². The van der Waals surface area contributed by atoms with Crippen LogP contribution in [0.15, 0.2) is 36.9 Å². The van der Waals surface area contributed by atoms with Gasteiger partial charge in [-0.15, -0.1) is 0 Å². The minimum Gasteiger partial charge on any atom is -0.396 e. The zero-order valence-electron chi connectivity index (χ0n) is 8.73. The molecule has 0 aliphatic heterocycles. The van der Waals surface area contributed by atoms with Crippen LogP contribution in [-0.2, 0) is 6.54 Å². The van der Waals surface area contributed by atoms with Gasteiger partial charge in [0.05, 0.1) is 22.7 Å². The maximum absolute atomic E-state index is 5.91. The molecule has 0 fully saturated rings. The second kappa shape index (κ2) is 4.90. The highest BCUT2D eigenvalue weighted by Crippen LogP contribution is 2.26.